The minimum absolute atomic E-state index is 0.288. The lowest BCUT2D eigenvalue weighted by atomic mass is 9.95. The Kier molecular flexibility index (Phi) is 5.80. The monoisotopic (exact) mass is 344 g/mol. The van der Waals surface area contributed by atoms with Crippen LogP contribution in [0.15, 0.2) is 29.9 Å². The van der Waals surface area contributed by atoms with Crippen LogP contribution in [0.2, 0.25) is 0 Å². The Morgan fingerprint density at radius 1 is 1.29 bits per heavy atom. The highest BCUT2D eigenvalue weighted by Crippen LogP contribution is 2.22. The van der Waals surface area contributed by atoms with E-state index in [1.807, 2.05) is 11.0 Å². The first-order valence-electron chi connectivity index (χ1n) is 8.57. The van der Waals surface area contributed by atoms with E-state index in [-0.39, 0.29) is 5.91 Å². The molecule has 0 bridgehead atoms. The molecule has 2 aromatic rings. The van der Waals surface area contributed by atoms with Crippen molar-refractivity contribution in [2.75, 3.05) is 18.8 Å². The lowest BCUT2D eigenvalue weighted by molar-refractivity contribution is -0.131. The van der Waals surface area contributed by atoms with Gasteiger partial charge in [0, 0.05) is 24.4 Å². The van der Waals surface area contributed by atoms with Crippen molar-refractivity contribution in [3.63, 3.8) is 0 Å². The fourth-order valence-corrected chi connectivity index (χ4v) is 3.94. The highest BCUT2D eigenvalue weighted by molar-refractivity contribution is 7.09. The summed E-state index contributed by atoms with van der Waals surface area (Å²) >= 11 is 1.73. The summed E-state index contributed by atoms with van der Waals surface area (Å²) in [5.74, 6) is 1.32. The number of likely N-dealkylation sites (tertiary alicyclic amines) is 1. The molecule has 0 aromatic carbocycles. The molecule has 0 saturated carbocycles. The Bertz CT molecular complexity index is 642. The fraction of sp³-hybridized carbons (Fsp3) is 0.500. The van der Waals surface area contributed by atoms with Gasteiger partial charge < -0.3 is 10.6 Å². The van der Waals surface area contributed by atoms with Gasteiger partial charge in [-0.15, -0.1) is 11.3 Å². The number of aryl methyl sites for hydroxylation is 1. The van der Waals surface area contributed by atoms with Gasteiger partial charge in [0.05, 0.1) is 18.1 Å². The molecule has 0 unspecified atom stereocenters. The number of carbonyl (C=O) groups excluding carboxylic acids is 1. The minimum atomic E-state index is 0.288. The average Bonchev–Trinajstić information content (AvgIpc) is 3.00. The van der Waals surface area contributed by atoms with Gasteiger partial charge >= 0.3 is 0 Å². The first kappa shape index (κ1) is 16.9. The molecule has 0 radical (unpaired) electrons. The van der Waals surface area contributed by atoms with Crippen molar-refractivity contribution in [3.8, 4) is 0 Å². The molecule has 2 N–H and O–H groups in total. The van der Waals surface area contributed by atoms with Crippen LogP contribution in [0.5, 0.6) is 0 Å². The quantitative estimate of drug-likeness (QED) is 0.905. The number of nitrogens with two attached hydrogens (primary N) is 1. The maximum atomic E-state index is 12.4. The van der Waals surface area contributed by atoms with Crippen LogP contribution in [0.1, 0.15) is 36.3 Å². The molecule has 5 nitrogen and oxygen atoms in total. The summed E-state index contributed by atoms with van der Waals surface area (Å²) in [6, 6.07) is 4.14. The number of thiophene rings is 1. The van der Waals surface area contributed by atoms with E-state index >= 15 is 0 Å². The van der Waals surface area contributed by atoms with Crippen LogP contribution in [0, 0.1) is 5.92 Å². The number of hydrogen-bond donors (Lipinski definition) is 1. The van der Waals surface area contributed by atoms with Crippen LogP contribution in [-0.2, 0) is 17.6 Å². The third-order valence-corrected chi connectivity index (χ3v) is 5.53. The molecule has 1 saturated heterocycles. The molecular formula is C18H24N4OS. The maximum absolute atomic E-state index is 12.4. The molecule has 3 rings (SSSR count). The fourth-order valence-electron chi connectivity index (χ4n) is 3.23. The molecule has 6 heteroatoms. The van der Waals surface area contributed by atoms with Crippen molar-refractivity contribution in [1.29, 1.82) is 0 Å². The molecule has 3 heterocycles. The number of aromatic nitrogens is 2. The van der Waals surface area contributed by atoms with Gasteiger partial charge in [-0.3, -0.25) is 9.78 Å². The van der Waals surface area contributed by atoms with Gasteiger partial charge in [-0.25, -0.2) is 4.98 Å². The smallest absolute Gasteiger partial charge is 0.222 e. The van der Waals surface area contributed by atoms with E-state index in [1.165, 1.54) is 4.88 Å². The van der Waals surface area contributed by atoms with Gasteiger partial charge in [0.25, 0.3) is 0 Å². The second-order valence-corrected chi connectivity index (χ2v) is 7.43. The number of carbonyl (C=O) groups is 1. The zero-order valence-electron chi connectivity index (χ0n) is 13.9. The predicted molar refractivity (Wildman–Crippen MR) is 96.7 cm³/mol. The molecular weight excluding hydrogens is 320 g/mol. The zero-order chi connectivity index (χ0) is 16.8. The summed E-state index contributed by atoms with van der Waals surface area (Å²) in [6.07, 6.45) is 9.03. The van der Waals surface area contributed by atoms with Crippen molar-refractivity contribution in [2.24, 2.45) is 5.92 Å². The molecule has 1 fully saturated rings. The van der Waals surface area contributed by atoms with Crippen LogP contribution in [0.25, 0.3) is 0 Å². The van der Waals surface area contributed by atoms with Gasteiger partial charge in [0.15, 0.2) is 0 Å². The minimum Gasteiger partial charge on any atom is -0.382 e. The first-order valence-corrected chi connectivity index (χ1v) is 9.45. The lowest BCUT2D eigenvalue weighted by Gasteiger charge is -2.20. The zero-order valence-corrected chi connectivity index (χ0v) is 14.7. The largest absolute Gasteiger partial charge is 0.382 e. The first-order chi connectivity index (χ1) is 11.7. The summed E-state index contributed by atoms with van der Waals surface area (Å²) < 4.78 is 0. The number of amides is 1. The summed E-state index contributed by atoms with van der Waals surface area (Å²) in [6.45, 7) is 1.74. The molecule has 2 aromatic heterocycles. The second kappa shape index (κ2) is 8.24. The van der Waals surface area contributed by atoms with E-state index in [0.29, 0.717) is 18.2 Å². The third kappa shape index (κ3) is 4.77. The van der Waals surface area contributed by atoms with Crippen LogP contribution in [-0.4, -0.2) is 33.9 Å². The Morgan fingerprint density at radius 3 is 2.96 bits per heavy atom. The van der Waals surface area contributed by atoms with E-state index in [1.54, 1.807) is 23.7 Å². The topological polar surface area (TPSA) is 72.1 Å². The molecule has 1 aliphatic heterocycles. The van der Waals surface area contributed by atoms with Gasteiger partial charge in [-0.1, -0.05) is 6.07 Å². The molecule has 1 aliphatic rings. The summed E-state index contributed by atoms with van der Waals surface area (Å²) in [5, 5.41) is 2.07. The highest BCUT2D eigenvalue weighted by atomic mass is 32.1. The lowest BCUT2D eigenvalue weighted by Crippen LogP contribution is -2.32. The van der Waals surface area contributed by atoms with Crippen molar-refractivity contribution in [2.45, 2.75) is 38.5 Å². The maximum Gasteiger partial charge on any atom is 0.222 e. The van der Waals surface area contributed by atoms with Crippen LogP contribution >= 0.6 is 11.3 Å². The summed E-state index contributed by atoms with van der Waals surface area (Å²) in [4.78, 5) is 24.2. The Hall–Kier alpha value is -1.95. The predicted octanol–water partition coefficient (Wildman–Crippen LogP) is 2.92. The standard InChI is InChI=1S/C18H24N4OS/c19-17-13-20-15(12-21-17)11-14-3-1-8-22(9-7-14)18(23)6-5-16-4-2-10-24-16/h2,4,10,12-14H,1,3,5-9,11H2,(H2,19,21)/t14-/m0/s1. The van der Waals surface area contributed by atoms with E-state index in [9.17, 15) is 4.79 Å². The van der Waals surface area contributed by atoms with Gasteiger partial charge in [-0.2, -0.15) is 0 Å². The summed E-state index contributed by atoms with van der Waals surface area (Å²) in [5.41, 5.74) is 6.58. The molecule has 0 spiro atoms. The summed E-state index contributed by atoms with van der Waals surface area (Å²) in [7, 11) is 0. The van der Waals surface area contributed by atoms with Crippen LogP contribution < -0.4 is 5.73 Å². The molecule has 1 amide bonds. The van der Waals surface area contributed by atoms with Crippen molar-refractivity contribution < 1.29 is 4.79 Å². The highest BCUT2D eigenvalue weighted by Gasteiger charge is 2.21. The van der Waals surface area contributed by atoms with Crippen molar-refractivity contribution in [3.05, 3.63) is 40.5 Å². The number of anilines is 1. The van der Waals surface area contributed by atoms with Crippen LogP contribution in [0.4, 0.5) is 5.82 Å². The number of nitrogen functional groups attached to an aromatic ring is 1. The Balaban J connectivity index is 1.47. The van der Waals surface area contributed by atoms with E-state index in [4.69, 9.17) is 5.73 Å². The SMILES string of the molecule is Nc1cnc(C[C@H]2CCCN(C(=O)CCc3cccs3)CC2)cn1. The number of rotatable bonds is 5. The van der Waals surface area contributed by atoms with Gasteiger partial charge in [0.2, 0.25) is 5.91 Å². The second-order valence-electron chi connectivity index (χ2n) is 6.39. The molecule has 0 aliphatic carbocycles. The van der Waals surface area contributed by atoms with Crippen LogP contribution in [0.3, 0.4) is 0 Å². The third-order valence-electron chi connectivity index (χ3n) is 4.59. The number of hydrogen-bond acceptors (Lipinski definition) is 5. The molecule has 24 heavy (non-hydrogen) atoms. The van der Waals surface area contributed by atoms with E-state index in [0.717, 1.165) is 50.9 Å². The number of nitrogens with zero attached hydrogens (tertiary/aromatic N) is 3. The molecule has 1 atom stereocenters. The van der Waals surface area contributed by atoms with Gasteiger partial charge in [-0.05, 0) is 49.5 Å². The Labute approximate surface area is 146 Å². The van der Waals surface area contributed by atoms with Crippen molar-refractivity contribution >= 4 is 23.1 Å². The Morgan fingerprint density at radius 2 is 2.21 bits per heavy atom. The molecule has 128 valence electrons. The van der Waals surface area contributed by atoms with Gasteiger partial charge in [0.1, 0.15) is 5.82 Å². The van der Waals surface area contributed by atoms with E-state index in [2.05, 4.69) is 21.4 Å². The van der Waals surface area contributed by atoms with E-state index < -0.39 is 0 Å². The normalized spacial score (nSPS) is 18.3. The van der Waals surface area contributed by atoms with Crippen molar-refractivity contribution in [1.82, 2.24) is 14.9 Å². The average molecular weight is 344 g/mol.